The third kappa shape index (κ3) is 6.44. The highest BCUT2D eigenvalue weighted by Gasteiger charge is 2.06. The standard InChI is InChI=1S/C23H21Cl3N2O3/c1-29-22-7-4-15(10-23(22)30-2)12-27-28-13-17-11-18(24)5-8-21(17)31-14-16-3-6-19(25)20(26)9-16/h3-11,13,27H,12,14H2,1-2H3/b28-13-. The van der Waals surface area contributed by atoms with Crippen molar-refractivity contribution in [3.63, 3.8) is 0 Å². The lowest BCUT2D eigenvalue weighted by atomic mass is 10.2. The van der Waals surface area contributed by atoms with Crippen molar-refractivity contribution in [1.29, 1.82) is 0 Å². The molecule has 0 heterocycles. The quantitative estimate of drug-likeness (QED) is 0.286. The zero-order chi connectivity index (χ0) is 22.2. The van der Waals surface area contributed by atoms with Gasteiger partial charge in [0.25, 0.3) is 0 Å². The summed E-state index contributed by atoms with van der Waals surface area (Å²) in [5.74, 6) is 1.99. The lowest BCUT2D eigenvalue weighted by Gasteiger charge is -2.11. The van der Waals surface area contributed by atoms with Gasteiger partial charge in [0.1, 0.15) is 12.4 Å². The summed E-state index contributed by atoms with van der Waals surface area (Å²) < 4.78 is 16.5. The van der Waals surface area contributed by atoms with Crippen LogP contribution in [-0.4, -0.2) is 20.4 Å². The average Bonchev–Trinajstić information content (AvgIpc) is 2.78. The molecule has 0 radical (unpaired) electrons. The maximum Gasteiger partial charge on any atom is 0.161 e. The number of benzene rings is 3. The Labute approximate surface area is 196 Å². The molecule has 5 nitrogen and oxygen atoms in total. The minimum atomic E-state index is 0.332. The lowest BCUT2D eigenvalue weighted by molar-refractivity contribution is 0.306. The fraction of sp³-hybridized carbons (Fsp3) is 0.174. The lowest BCUT2D eigenvalue weighted by Crippen LogP contribution is -2.06. The first-order valence-corrected chi connectivity index (χ1v) is 10.5. The number of nitrogens with zero attached hydrogens (tertiary/aromatic N) is 1. The van der Waals surface area contributed by atoms with Gasteiger partial charge in [-0.2, -0.15) is 5.10 Å². The largest absolute Gasteiger partial charge is 0.493 e. The van der Waals surface area contributed by atoms with Crippen LogP contribution >= 0.6 is 34.8 Å². The van der Waals surface area contributed by atoms with Crippen LogP contribution in [-0.2, 0) is 13.2 Å². The highest BCUT2D eigenvalue weighted by atomic mass is 35.5. The van der Waals surface area contributed by atoms with Crippen molar-refractivity contribution in [1.82, 2.24) is 5.43 Å². The van der Waals surface area contributed by atoms with Gasteiger partial charge in [-0.05, 0) is 53.6 Å². The summed E-state index contributed by atoms with van der Waals surface area (Å²) in [4.78, 5) is 0. The normalized spacial score (nSPS) is 10.9. The molecule has 0 spiro atoms. The van der Waals surface area contributed by atoms with Gasteiger partial charge < -0.3 is 19.6 Å². The Morgan fingerprint density at radius 3 is 2.29 bits per heavy atom. The second-order valence-corrected chi connectivity index (χ2v) is 7.75. The van der Waals surface area contributed by atoms with E-state index in [2.05, 4.69) is 10.5 Å². The van der Waals surface area contributed by atoms with Gasteiger partial charge in [0.05, 0.1) is 37.0 Å². The van der Waals surface area contributed by atoms with E-state index in [9.17, 15) is 0 Å². The molecule has 0 bridgehead atoms. The van der Waals surface area contributed by atoms with Gasteiger partial charge >= 0.3 is 0 Å². The van der Waals surface area contributed by atoms with E-state index in [4.69, 9.17) is 49.0 Å². The SMILES string of the molecule is COc1ccc(CN/N=C\c2cc(Cl)ccc2OCc2ccc(Cl)c(Cl)c2)cc1OC. The molecule has 0 saturated heterocycles. The number of hydrogen-bond acceptors (Lipinski definition) is 5. The van der Waals surface area contributed by atoms with Crippen molar-refractivity contribution in [3.8, 4) is 17.2 Å². The number of nitrogens with one attached hydrogen (secondary N) is 1. The van der Waals surface area contributed by atoms with Crippen molar-refractivity contribution >= 4 is 41.0 Å². The summed E-state index contributed by atoms with van der Waals surface area (Å²) in [7, 11) is 3.21. The Bertz CT molecular complexity index is 1070. The molecule has 3 aromatic rings. The summed E-state index contributed by atoms with van der Waals surface area (Å²) in [5.41, 5.74) is 5.66. The minimum absolute atomic E-state index is 0.332. The topological polar surface area (TPSA) is 52.1 Å². The molecule has 0 unspecified atom stereocenters. The van der Waals surface area contributed by atoms with Gasteiger partial charge in [-0.3, -0.25) is 0 Å². The third-order valence-corrected chi connectivity index (χ3v) is 5.35. The molecule has 0 aliphatic heterocycles. The summed E-state index contributed by atoms with van der Waals surface area (Å²) in [5, 5.41) is 5.87. The molecule has 0 aliphatic carbocycles. The van der Waals surface area contributed by atoms with Gasteiger partial charge in [0.2, 0.25) is 0 Å². The van der Waals surface area contributed by atoms with Crippen LogP contribution < -0.4 is 19.6 Å². The third-order valence-electron chi connectivity index (χ3n) is 4.38. The van der Waals surface area contributed by atoms with Gasteiger partial charge in [-0.1, -0.05) is 46.9 Å². The van der Waals surface area contributed by atoms with Gasteiger partial charge in [0.15, 0.2) is 11.5 Å². The van der Waals surface area contributed by atoms with Crippen LogP contribution in [0.25, 0.3) is 0 Å². The first kappa shape index (κ1) is 23.1. The molecule has 0 aliphatic rings. The van der Waals surface area contributed by atoms with Crippen LogP contribution in [0.2, 0.25) is 15.1 Å². The molecule has 0 aromatic heterocycles. The van der Waals surface area contributed by atoms with Crippen molar-refractivity contribution < 1.29 is 14.2 Å². The molecule has 162 valence electrons. The Morgan fingerprint density at radius 1 is 0.806 bits per heavy atom. The predicted octanol–water partition coefficient (Wildman–Crippen LogP) is 6.37. The van der Waals surface area contributed by atoms with E-state index in [1.165, 1.54) is 0 Å². The molecular formula is C23H21Cl3N2O3. The number of hydrogen-bond donors (Lipinski definition) is 1. The Kier molecular flexibility index (Phi) is 8.29. The van der Waals surface area contributed by atoms with Gasteiger partial charge in [-0.25, -0.2) is 0 Å². The summed E-state index contributed by atoms with van der Waals surface area (Å²) in [6, 6.07) is 16.4. The van der Waals surface area contributed by atoms with Crippen LogP contribution in [0.5, 0.6) is 17.2 Å². The van der Waals surface area contributed by atoms with E-state index in [-0.39, 0.29) is 0 Å². The van der Waals surface area contributed by atoms with Crippen molar-refractivity contribution in [3.05, 3.63) is 86.4 Å². The van der Waals surface area contributed by atoms with E-state index < -0.39 is 0 Å². The average molecular weight is 480 g/mol. The smallest absolute Gasteiger partial charge is 0.161 e. The first-order chi connectivity index (χ1) is 15.0. The fourth-order valence-electron chi connectivity index (χ4n) is 2.78. The van der Waals surface area contributed by atoms with Gasteiger partial charge in [-0.15, -0.1) is 0 Å². The Balaban J connectivity index is 1.64. The number of rotatable bonds is 9. The maximum absolute atomic E-state index is 6.15. The van der Waals surface area contributed by atoms with Crippen LogP contribution in [0.3, 0.4) is 0 Å². The number of ether oxygens (including phenoxy) is 3. The summed E-state index contributed by atoms with van der Waals surface area (Å²) in [6.45, 7) is 0.843. The first-order valence-electron chi connectivity index (χ1n) is 9.33. The molecule has 0 fully saturated rings. The Morgan fingerprint density at radius 2 is 1.55 bits per heavy atom. The van der Waals surface area contributed by atoms with Crippen molar-refractivity contribution in [2.24, 2.45) is 5.10 Å². The van der Waals surface area contributed by atoms with Crippen molar-refractivity contribution in [2.45, 2.75) is 13.2 Å². The van der Waals surface area contributed by atoms with Crippen LogP contribution in [0, 0.1) is 0 Å². The number of halogens is 3. The zero-order valence-electron chi connectivity index (χ0n) is 17.0. The number of hydrazone groups is 1. The molecule has 31 heavy (non-hydrogen) atoms. The van der Waals surface area contributed by atoms with E-state index in [0.717, 1.165) is 16.7 Å². The van der Waals surface area contributed by atoms with Crippen LogP contribution in [0.1, 0.15) is 16.7 Å². The molecule has 0 atom stereocenters. The minimum Gasteiger partial charge on any atom is -0.493 e. The highest BCUT2D eigenvalue weighted by Crippen LogP contribution is 2.28. The Hall–Kier alpha value is -2.60. The second kappa shape index (κ2) is 11.1. The van der Waals surface area contributed by atoms with E-state index in [1.54, 1.807) is 50.8 Å². The molecule has 0 saturated carbocycles. The van der Waals surface area contributed by atoms with Crippen molar-refractivity contribution in [2.75, 3.05) is 14.2 Å². The van der Waals surface area contributed by atoms with Crippen LogP contribution in [0.15, 0.2) is 59.7 Å². The van der Waals surface area contributed by atoms with E-state index in [1.807, 2.05) is 24.3 Å². The van der Waals surface area contributed by atoms with Gasteiger partial charge in [0, 0.05) is 10.6 Å². The molecule has 3 rings (SSSR count). The monoisotopic (exact) mass is 478 g/mol. The molecule has 1 N–H and O–H groups in total. The number of methoxy groups -OCH3 is 2. The van der Waals surface area contributed by atoms with E-state index in [0.29, 0.717) is 45.5 Å². The predicted molar refractivity (Wildman–Crippen MR) is 126 cm³/mol. The molecular weight excluding hydrogens is 459 g/mol. The summed E-state index contributed by atoms with van der Waals surface area (Å²) >= 11 is 18.2. The maximum atomic E-state index is 6.15. The van der Waals surface area contributed by atoms with Crippen LogP contribution in [0.4, 0.5) is 0 Å². The van der Waals surface area contributed by atoms with E-state index >= 15 is 0 Å². The zero-order valence-corrected chi connectivity index (χ0v) is 19.3. The fourth-order valence-corrected chi connectivity index (χ4v) is 3.29. The summed E-state index contributed by atoms with van der Waals surface area (Å²) in [6.07, 6.45) is 1.66. The molecule has 3 aromatic carbocycles. The molecule has 0 amide bonds. The highest BCUT2D eigenvalue weighted by molar-refractivity contribution is 6.42. The molecule has 8 heteroatoms. The second-order valence-electron chi connectivity index (χ2n) is 6.50.